The van der Waals surface area contributed by atoms with E-state index in [1.54, 1.807) is 48.7 Å². The van der Waals surface area contributed by atoms with Crippen molar-refractivity contribution in [1.29, 1.82) is 0 Å². The summed E-state index contributed by atoms with van der Waals surface area (Å²) in [5.74, 6) is -10.5. The number of benzene rings is 1. The van der Waals surface area contributed by atoms with Gasteiger partial charge in [0, 0.05) is 61.8 Å². The average molecular weight is 1350 g/mol. The highest BCUT2D eigenvalue weighted by Crippen LogP contribution is 2.40. The van der Waals surface area contributed by atoms with E-state index in [-0.39, 0.29) is 62.4 Å². The molecule has 11 amide bonds. The molecule has 0 aromatic heterocycles. The molecule has 0 bridgehead atoms. The molecule has 1 aliphatic carbocycles. The molecule has 1 aromatic rings. The van der Waals surface area contributed by atoms with Crippen molar-refractivity contribution >= 4 is 70.6 Å². The third kappa shape index (κ3) is 21.8. The maximum Gasteiger partial charge on any atom is 0.273 e. The van der Waals surface area contributed by atoms with Crippen LogP contribution in [0.3, 0.4) is 0 Å². The lowest BCUT2D eigenvalue weighted by Crippen LogP contribution is -2.64. The standard InChI is InChI=1S/C71H120N12O13/c1-26-51-65(90)83(25)71(96-34-33-76(17)18)70(95)78(20)53(36-40(4)5)62(87)75-56(43(10)11)68(93)77(19)52(35-39(2)3)61(86)72-46(15)60(85)73-47(16)64(89)79(21)54(37-41(6)7)66(91)80(22)55(38-42(8)9)67(92)81(23)57(44(12)13)69(94)82(24)58(63(88)74-51)59(84)50-32-31-49(50)48-29-27-45(14)28-30-48/h27-31,39-44,46-47,50-59,71,84H,26,32-38H2,1-25H3,(H,72,86)(H,73,85)(H,74,88)(H,75,87)/t46-,47+,50?,51-,52-,53-,54-,55-,56?,57?,58?,59+,71?/m0/s1. The topological polar surface area (TPSA) is 291 Å². The van der Waals surface area contributed by atoms with Crippen LogP contribution in [0, 0.1) is 48.3 Å². The molecule has 3 rings (SSSR count). The Bertz CT molecular complexity index is 2880. The number of carbonyl (C=O) groups is 11. The van der Waals surface area contributed by atoms with Gasteiger partial charge >= 0.3 is 0 Å². The van der Waals surface area contributed by atoms with E-state index in [0.29, 0.717) is 13.0 Å². The van der Waals surface area contributed by atoms with E-state index in [1.165, 1.54) is 87.7 Å². The second kappa shape index (κ2) is 37.1. The number of hydrogen-bond acceptors (Lipinski definition) is 14. The molecule has 5 unspecified atom stereocenters. The molecule has 542 valence electrons. The van der Waals surface area contributed by atoms with Crippen molar-refractivity contribution in [3.63, 3.8) is 0 Å². The van der Waals surface area contributed by atoms with Crippen LogP contribution >= 0.6 is 0 Å². The molecule has 1 heterocycles. The Morgan fingerprint density at radius 3 is 1.38 bits per heavy atom. The van der Waals surface area contributed by atoms with Gasteiger partial charge in [-0.05, 0) is 120 Å². The molecule has 5 N–H and O–H groups in total. The van der Waals surface area contributed by atoms with Crippen LogP contribution in [-0.4, -0.2) is 259 Å². The first kappa shape index (κ1) is 83.2. The number of ether oxygens (including phenoxy) is 1. The Labute approximate surface area is 572 Å². The summed E-state index contributed by atoms with van der Waals surface area (Å²) in [6.07, 6.45) is -0.577. The monoisotopic (exact) mass is 1350 g/mol. The fraction of sp³-hybridized carbons (Fsp3) is 0.732. The van der Waals surface area contributed by atoms with Gasteiger partial charge in [0.2, 0.25) is 65.3 Å². The summed E-state index contributed by atoms with van der Waals surface area (Å²) in [5.41, 5.74) is 2.52. The van der Waals surface area contributed by atoms with Gasteiger partial charge < -0.3 is 70.3 Å². The Balaban J connectivity index is 2.42. The summed E-state index contributed by atoms with van der Waals surface area (Å²) >= 11 is 0. The van der Waals surface area contributed by atoms with Crippen molar-refractivity contribution < 1.29 is 62.6 Å². The fourth-order valence-electron chi connectivity index (χ4n) is 12.4. The number of hydrogen-bond donors (Lipinski definition) is 5. The Morgan fingerprint density at radius 2 is 0.927 bits per heavy atom. The van der Waals surface area contributed by atoms with E-state index >= 15 is 28.8 Å². The second-order valence-corrected chi connectivity index (χ2v) is 29.4. The molecular weight excluding hydrogens is 1230 g/mol. The van der Waals surface area contributed by atoms with E-state index < -0.39 is 155 Å². The first-order chi connectivity index (χ1) is 44.5. The molecule has 25 nitrogen and oxygen atoms in total. The molecule has 0 saturated carbocycles. The van der Waals surface area contributed by atoms with Crippen LogP contribution in [0.5, 0.6) is 0 Å². The lowest BCUT2D eigenvalue weighted by Gasteiger charge is -2.43. The molecule has 13 atom stereocenters. The Kier molecular flexibility index (Phi) is 32.2. The van der Waals surface area contributed by atoms with Crippen molar-refractivity contribution in [1.82, 2.24) is 60.5 Å². The number of allylic oxidation sites excluding steroid dienone is 1. The molecule has 0 radical (unpaired) electrons. The first-order valence-corrected chi connectivity index (χ1v) is 34.3. The largest absolute Gasteiger partial charge is 0.390 e. The van der Waals surface area contributed by atoms with Gasteiger partial charge in [-0.15, -0.1) is 0 Å². The third-order valence-corrected chi connectivity index (χ3v) is 18.5. The highest BCUT2D eigenvalue weighted by atomic mass is 16.5. The number of aliphatic hydroxyl groups excluding tert-OH is 1. The average Bonchev–Trinajstić information content (AvgIpc) is 0.780. The maximum absolute atomic E-state index is 15.6. The molecule has 2 aliphatic rings. The van der Waals surface area contributed by atoms with Crippen molar-refractivity contribution in [2.75, 3.05) is 76.6 Å². The summed E-state index contributed by atoms with van der Waals surface area (Å²) in [6, 6.07) is -5.24. The summed E-state index contributed by atoms with van der Waals surface area (Å²) in [4.78, 5) is 175. The van der Waals surface area contributed by atoms with Crippen LogP contribution in [0.4, 0.5) is 0 Å². The van der Waals surface area contributed by atoms with E-state index in [2.05, 4.69) is 21.3 Å². The summed E-state index contributed by atoms with van der Waals surface area (Å²) in [6.45, 7) is 28.5. The van der Waals surface area contributed by atoms with Gasteiger partial charge in [-0.25, -0.2) is 0 Å². The van der Waals surface area contributed by atoms with Crippen molar-refractivity contribution in [2.24, 2.45) is 41.4 Å². The highest BCUT2D eigenvalue weighted by Gasteiger charge is 2.48. The lowest BCUT2D eigenvalue weighted by atomic mass is 9.74. The fourth-order valence-corrected chi connectivity index (χ4v) is 12.4. The van der Waals surface area contributed by atoms with Gasteiger partial charge in [0.05, 0.1) is 12.7 Å². The summed E-state index contributed by atoms with van der Waals surface area (Å²) in [7, 11) is 13.5. The molecule has 1 aliphatic heterocycles. The SMILES string of the molecule is CC[C@@H]1NC(=O)C([C@H](O)C2CC=C2c2ccc(C)cc2)N(C)C(=O)C(C(C)C)N(C)C(=O)[C@H](CC(C)C)N(C)C(=O)[C@H](CC(C)C)N(C)C(=O)[C@@H](C)NC(=O)[C@H](C)NC(=O)[C@H](CC(C)C)N(C)C(=O)C(C(C)C)NC(=O)[C@H](CC(C)C)N(C)C(=O)C(OCCN(C)C)N(C)C1=O. The Hall–Kier alpha value is -6.99. The minimum Gasteiger partial charge on any atom is -0.390 e. The van der Waals surface area contributed by atoms with E-state index in [4.69, 9.17) is 4.74 Å². The summed E-state index contributed by atoms with van der Waals surface area (Å²) in [5, 5.41) is 23.9. The van der Waals surface area contributed by atoms with Crippen LogP contribution in [0.15, 0.2) is 30.3 Å². The molecule has 0 spiro atoms. The minimum absolute atomic E-state index is 0.0523. The van der Waals surface area contributed by atoms with E-state index in [9.17, 15) is 29.1 Å². The van der Waals surface area contributed by atoms with Gasteiger partial charge in [-0.2, -0.15) is 0 Å². The van der Waals surface area contributed by atoms with Crippen LogP contribution in [0.1, 0.15) is 154 Å². The van der Waals surface area contributed by atoms with E-state index in [0.717, 1.165) is 26.5 Å². The van der Waals surface area contributed by atoms with Gasteiger partial charge in [0.25, 0.3) is 5.91 Å². The number of carbonyl (C=O) groups excluding carboxylic acids is 11. The van der Waals surface area contributed by atoms with Gasteiger partial charge in [-0.3, -0.25) is 52.7 Å². The predicted octanol–water partition coefficient (Wildman–Crippen LogP) is 3.98. The van der Waals surface area contributed by atoms with Crippen LogP contribution in [0.2, 0.25) is 0 Å². The quantitative estimate of drug-likeness (QED) is 0.139. The smallest absolute Gasteiger partial charge is 0.273 e. The van der Waals surface area contributed by atoms with Crippen molar-refractivity contribution in [3.8, 4) is 0 Å². The van der Waals surface area contributed by atoms with Crippen LogP contribution in [0.25, 0.3) is 5.57 Å². The Morgan fingerprint density at radius 1 is 0.490 bits per heavy atom. The van der Waals surface area contributed by atoms with Crippen LogP contribution in [-0.2, 0) is 57.5 Å². The number of nitrogens with zero attached hydrogens (tertiary/aromatic N) is 8. The maximum atomic E-state index is 15.6. The molecule has 25 heteroatoms. The number of rotatable bonds is 18. The van der Waals surface area contributed by atoms with Crippen molar-refractivity contribution in [3.05, 3.63) is 41.5 Å². The second-order valence-electron chi connectivity index (χ2n) is 29.4. The molecule has 1 fully saturated rings. The number of likely N-dealkylation sites (N-methyl/N-ethyl adjacent to an activating group) is 8. The molecule has 1 aromatic carbocycles. The third-order valence-electron chi connectivity index (χ3n) is 18.5. The zero-order valence-corrected chi connectivity index (χ0v) is 62.4. The minimum atomic E-state index is -1.70. The molecule has 96 heavy (non-hydrogen) atoms. The molecule has 1 saturated heterocycles. The van der Waals surface area contributed by atoms with Gasteiger partial charge in [-0.1, -0.05) is 126 Å². The zero-order chi connectivity index (χ0) is 73.4. The number of aliphatic hydroxyl groups is 1. The predicted molar refractivity (Wildman–Crippen MR) is 371 cm³/mol. The van der Waals surface area contributed by atoms with Crippen molar-refractivity contribution in [2.45, 2.75) is 222 Å². The normalized spacial score (nSPS) is 27.0. The number of amides is 11. The van der Waals surface area contributed by atoms with E-state index in [1.807, 2.05) is 97.6 Å². The molecular formula is C71H120N12O13. The number of nitrogens with one attached hydrogen (secondary N) is 4. The first-order valence-electron chi connectivity index (χ1n) is 34.3. The van der Waals surface area contributed by atoms with Gasteiger partial charge in [0.1, 0.15) is 60.4 Å². The summed E-state index contributed by atoms with van der Waals surface area (Å²) < 4.78 is 6.28. The lowest BCUT2D eigenvalue weighted by molar-refractivity contribution is -0.168. The zero-order valence-electron chi connectivity index (χ0n) is 62.4. The van der Waals surface area contributed by atoms with Crippen LogP contribution < -0.4 is 21.3 Å². The number of aryl methyl sites for hydroxylation is 1. The van der Waals surface area contributed by atoms with Gasteiger partial charge in [0.15, 0.2) is 0 Å². The highest BCUT2D eigenvalue weighted by molar-refractivity contribution is 6.00.